The summed E-state index contributed by atoms with van der Waals surface area (Å²) in [6, 6.07) is 7.75. The molecule has 3 heteroatoms. The van der Waals surface area contributed by atoms with Crippen LogP contribution in [-0.2, 0) is 6.42 Å². The lowest BCUT2D eigenvalue weighted by molar-refractivity contribution is 0.0944. The van der Waals surface area contributed by atoms with Gasteiger partial charge < -0.3 is 11.1 Å². The Balaban J connectivity index is 1.85. The van der Waals surface area contributed by atoms with E-state index in [1.54, 1.807) is 0 Å². The predicted octanol–water partition coefficient (Wildman–Crippen LogP) is 2.35. The molecule has 0 heterocycles. The van der Waals surface area contributed by atoms with E-state index in [9.17, 15) is 4.79 Å². The Morgan fingerprint density at radius 1 is 1.32 bits per heavy atom. The maximum absolute atomic E-state index is 12.0. The van der Waals surface area contributed by atoms with E-state index >= 15 is 0 Å². The van der Waals surface area contributed by atoms with Gasteiger partial charge in [-0.1, -0.05) is 31.9 Å². The zero-order valence-electron chi connectivity index (χ0n) is 11.7. The van der Waals surface area contributed by atoms with Crippen LogP contribution in [0.25, 0.3) is 0 Å². The number of rotatable bonds is 5. The molecule has 1 fully saturated rings. The van der Waals surface area contributed by atoms with E-state index in [0.29, 0.717) is 12.5 Å². The Morgan fingerprint density at radius 2 is 2.05 bits per heavy atom. The average molecular weight is 260 g/mol. The Labute approximate surface area is 115 Å². The lowest BCUT2D eigenvalue weighted by Gasteiger charge is -2.15. The molecule has 1 aliphatic rings. The van der Waals surface area contributed by atoms with Crippen molar-refractivity contribution < 1.29 is 4.79 Å². The number of hydrogen-bond donors (Lipinski definition) is 2. The fourth-order valence-corrected chi connectivity index (χ4v) is 2.84. The summed E-state index contributed by atoms with van der Waals surface area (Å²) in [6.07, 6.45) is 4.71. The Hall–Kier alpha value is -1.35. The van der Waals surface area contributed by atoms with Crippen LogP contribution in [0.2, 0.25) is 0 Å². The van der Waals surface area contributed by atoms with Crippen LogP contribution < -0.4 is 11.1 Å². The highest BCUT2D eigenvalue weighted by Crippen LogP contribution is 2.30. The lowest BCUT2D eigenvalue weighted by atomic mass is 9.98. The third-order valence-electron chi connectivity index (χ3n) is 4.21. The van der Waals surface area contributed by atoms with Crippen LogP contribution in [0, 0.1) is 11.8 Å². The monoisotopic (exact) mass is 260 g/mol. The van der Waals surface area contributed by atoms with Gasteiger partial charge in [-0.15, -0.1) is 0 Å². The molecule has 0 spiro atoms. The number of amides is 1. The first-order valence-electron chi connectivity index (χ1n) is 7.28. The molecule has 1 aromatic carbocycles. The molecule has 1 saturated carbocycles. The van der Waals surface area contributed by atoms with Crippen LogP contribution in [0.15, 0.2) is 24.3 Å². The maximum Gasteiger partial charge on any atom is 0.251 e. The first kappa shape index (κ1) is 14.1. The van der Waals surface area contributed by atoms with Crippen molar-refractivity contribution in [3.05, 3.63) is 35.4 Å². The van der Waals surface area contributed by atoms with E-state index in [1.807, 2.05) is 24.3 Å². The minimum absolute atomic E-state index is 0.0402. The molecule has 19 heavy (non-hydrogen) atoms. The van der Waals surface area contributed by atoms with E-state index in [4.69, 9.17) is 5.73 Å². The molecule has 0 bridgehead atoms. The molecule has 104 valence electrons. The molecule has 2 atom stereocenters. The number of carbonyl (C=O) groups excluding carboxylic acids is 1. The van der Waals surface area contributed by atoms with Gasteiger partial charge in [0, 0.05) is 12.1 Å². The van der Waals surface area contributed by atoms with Crippen molar-refractivity contribution >= 4 is 5.91 Å². The normalized spacial score (nSPS) is 22.4. The smallest absolute Gasteiger partial charge is 0.251 e. The molecule has 2 rings (SSSR count). The van der Waals surface area contributed by atoms with Crippen LogP contribution in [0.5, 0.6) is 0 Å². The molecule has 1 aliphatic carbocycles. The fourth-order valence-electron chi connectivity index (χ4n) is 2.84. The second-order valence-electron chi connectivity index (χ2n) is 5.61. The van der Waals surface area contributed by atoms with Crippen molar-refractivity contribution in [2.75, 3.05) is 13.1 Å². The minimum atomic E-state index is 0.0402. The number of hydrogen-bond acceptors (Lipinski definition) is 2. The Kier molecular flexibility index (Phi) is 4.97. The van der Waals surface area contributed by atoms with Gasteiger partial charge in [-0.2, -0.15) is 0 Å². The average Bonchev–Trinajstić information content (AvgIpc) is 2.83. The minimum Gasteiger partial charge on any atom is -0.352 e. The van der Waals surface area contributed by atoms with E-state index in [1.165, 1.54) is 24.8 Å². The number of carbonyl (C=O) groups is 1. The van der Waals surface area contributed by atoms with Gasteiger partial charge in [0.2, 0.25) is 0 Å². The molecule has 3 N–H and O–H groups in total. The lowest BCUT2D eigenvalue weighted by Crippen LogP contribution is -2.30. The first-order chi connectivity index (χ1) is 9.20. The number of nitrogens with one attached hydrogen (secondary N) is 1. The zero-order chi connectivity index (χ0) is 13.7. The molecular formula is C16H24N2O. The number of benzene rings is 1. The summed E-state index contributed by atoms with van der Waals surface area (Å²) in [5, 5.41) is 3.06. The van der Waals surface area contributed by atoms with E-state index in [0.717, 1.165) is 24.4 Å². The summed E-state index contributed by atoms with van der Waals surface area (Å²) in [4.78, 5) is 12.0. The molecular weight excluding hydrogens is 236 g/mol. The Morgan fingerprint density at radius 3 is 2.63 bits per heavy atom. The summed E-state index contributed by atoms with van der Waals surface area (Å²) in [7, 11) is 0. The summed E-state index contributed by atoms with van der Waals surface area (Å²) in [5.41, 5.74) is 7.44. The topological polar surface area (TPSA) is 55.1 Å². The summed E-state index contributed by atoms with van der Waals surface area (Å²) in [5.74, 6) is 1.44. The van der Waals surface area contributed by atoms with Gasteiger partial charge in [-0.25, -0.2) is 0 Å². The predicted molar refractivity (Wildman–Crippen MR) is 78.0 cm³/mol. The fraction of sp³-hybridized carbons (Fsp3) is 0.562. The molecule has 0 saturated heterocycles. The van der Waals surface area contributed by atoms with Crippen LogP contribution in [-0.4, -0.2) is 19.0 Å². The van der Waals surface area contributed by atoms with Crippen molar-refractivity contribution in [3.63, 3.8) is 0 Å². The second-order valence-corrected chi connectivity index (χ2v) is 5.61. The van der Waals surface area contributed by atoms with Gasteiger partial charge in [0.15, 0.2) is 0 Å². The van der Waals surface area contributed by atoms with E-state index in [-0.39, 0.29) is 5.91 Å². The molecule has 0 radical (unpaired) electrons. The zero-order valence-corrected chi connectivity index (χ0v) is 11.7. The van der Waals surface area contributed by atoms with Crippen LogP contribution in [0.1, 0.15) is 42.1 Å². The SMILES string of the molecule is CC1CCCC1CNC(=O)c1ccc(CCN)cc1. The van der Waals surface area contributed by atoms with Crippen LogP contribution in [0.4, 0.5) is 0 Å². The van der Waals surface area contributed by atoms with Crippen molar-refractivity contribution in [3.8, 4) is 0 Å². The van der Waals surface area contributed by atoms with Crippen LogP contribution >= 0.6 is 0 Å². The molecule has 1 amide bonds. The van der Waals surface area contributed by atoms with Gasteiger partial charge >= 0.3 is 0 Å². The van der Waals surface area contributed by atoms with Crippen molar-refractivity contribution in [2.24, 2.45) is 17.6 Å². The quantitative estimate of drug-likeness (QED) is 0.854. The summed E-state index contributed by atoms with van der Waals surface area (Å²) >= 11 is 0. The van der Waals surface area contributed by atoms with Crippen LogP contribution in [0.3, 0.4) is 0 Å². The summed E-state index contributed by atoms with van der Waals surface area (Å²) < 4.78 is 0. The van der Waals surface area contributed by atoms with Gasteiger partial charge in [-0.3, -0.25) is 4.79 Å². The largest absolute Gasteiger partial charge is 0.352 e. The molecule has 1 aromatic rings. The van der Waals surface area contributed by atoms with Gasteiger partial charge in [0.25, 0.3) is 5.91 Å². The van der Waals surface area contributed by atoms with Crippen molar-refractivity contribution in [1.82, 2.24) is 5.32 Å². The highest BCUT2D eigenvalue weighted by Gasteiger charge is 2.23. The highest BCUT2D eigenvalue weighted by molar-refractivity contribution is 5.94. The third kappa shape index (κ3) is 3.80. The first-order valence-corrected chi connectivity index (χ1v) is 7.28. The van der Waals surface area contributed by atoms with Crippen molar-refractivity contribution in [1.29, 1.82) is 0 Å². The third-order valence-corrected chi connectivity index (χ3v) is 4.21. The van der Waals surface area contributed by atoms with Gasteiger partial charge in [-0.05, 0) is 48.9 Å². The van der Waals surface area contributed by atoms with E-state index < -0.39 is 0 Å². The molecule has 0 aliphatic heterocycles. The highest BCUT2D eigenvalue weighted by atomic mass is 16.1. The number of nitrogens with two attached hydrogens (primary N) is 1. The Bertz CT molecular complexity index is 413. The maximum atomic E-state index is 12.0. The van der Waals surface area contributed by atoms with E-state index in [2.05, 4.69) is 12.2 Å². The summed E-state index contributed by atoms with van der Waals surface area (Å²) in [6.45, 7) is 3.74. The standard InChI is InChI=1S/C16H24N2O/c1-12-3-2-4-15(12)11-18-16(19)14-7-5-13(6-8-14)9-10-17/h5-8,12,15H,2-4,9-11,17H2,1H3,(H,18,19). The molecule has 2 unspecified atom stereocenters. The van der Waals surface area contributed by atoms with Crippen molar-refractivity contribution in [2.45, 2.75) is 32.6 Å². The van der Waals surface area contributed by atoms with Gasteiger partial charge in [0.1, 0.15) is 0 Å². The second kappa shape index (κ2) is 6.71. The molecule has 0 aromatic heterocycles. The molecule has 3 nitrogen and oxygen atoms in total. The van der Waals surface area contributed by atoms with Gasteiger partial charge in [0.05, 0.1) is 0 Å².